The number of ether oxygens (including phenoxy) is 1. The molecule has 158 valence electrons. The highest BCUT2D eigenvalue weighted by atomic mass is 31.1. The Hall–Kier alpha value is -2.73. The summed E-state index contributed by atoms with van der Waals surface area (Å²) in [5, 5.41) is 12.2. The molecule has 13 heteroatoms. The predicted molar refractivity (Wildman–Crippen MR) is 105 cm³/mol. The molecule has 0 saturated carbocycles. The molecule has 12 nitrogen and oxygen atoms in total. The molecular formula is C17H19N6O6P. The van der Waals surface area contributed by atoms with Crippen molar-refractivity contribution in [3.63, 3.8) is 0 Å². The van der Waals surface area contributed by atoms with Crippen molar-refractivity contribution in [2.24, 2.45) is 5.73 Å². The van der Waals surface area contributed by atoms with Crippen molar-refractivity contribution < 1.29 is 28.6 Å². The van der Waals surface area contributed by atoms with Crippen LogP contribution in [0.1, 0.15) is 16.6 Å². The summed E-state index contributed by atoms with van der Waals surface area (Å²) in [6.07, 6.45) is -0.175. The maximum atomic E-state index is 12.5. The Labute approximate surface area is 170 Å². The van der Waals surface area contributed by atoms with Crippen molar-refractivity contribution in [3.05, 3.63) is 48.5 Å². The van der Waals surface area contributed by atoms with E-state index in [0.29, 0.717) is 5.56 Å². The van der Waals surface area contributed by atoms with Gasteiger partial charge in [-0.2, -0.15) is 0 Å². The summed E-state index contributed by atoms with van der Waals surface area (Å²) in [5.41, 5.74) is 7.03. The molecule has 0 radical (unpaired) electrons. The minimum atomic E-state index is -3.33. The number of nitrogens with two attached hydrogens (primary N) is 1. The predicted octanol–water partition coefficient (Wildman–Crippen LogP) is 0.0628. The quantitative estimate of drug-likeness (QED) is 0.388. The van der Waals surface area contributed by atoms with Crippen LogP contribution < -0.4 is 11.1 Å². The van der Waals surface area contributed by atoms with E-state index in [1.807, 2.05) is 0 Å². The van der Waals surface area contributed by atoms with E-state index in [9.17, 15) is 19.4 Å². The van der Waals surface area contributed by atoms with Crippen LogP contribution in [0.2, 0.25) is 0 Å². The number of nitrogens with zero attached hydrogens (tertiary/aromatic N) is 4. The average Bonchev–Trinajstić information content (AvgIpc) is 3.30. The van der Waals surface area contributed by atoms with Gasteiger partial charge in [-0.05, 0) is 12.1 Å². The van der Waals surface area contributed by atoms with E-state index in [1.165, 1.54) is 17.2 Å². The number of rotatable bonds is 6. The van der Waals surface area contributed by atoms with Crippen LogP contribution in [0.15, 0.2) is 43.0 Å². The van der Waals surface area contributed by atoms with Gasteiger partial charge in [-0.15, -0.1) is 0 Å². The number of hydrogen-bond donors (Lipinski definition) is 4. The molecule has 3 aromatic rings. The lowest BCUT2D eigenvalue weighted by molar-refractivity contribution is -0.0443. The number of fused-ring (bicyclic) bond motifs is 1. The Morgan fingerprint density at radius 2 is 2.07 bits per heavy atom. The molecule has 1 amide bonds. The molecule has 3 heterocycles. The van der Waals surface area contributed by atoms with Gasteiger partial charge in [0.1, 0.15) is 18.5 Å². The first-order valence-electron chi connectivity index (χ1n) is 8.95. The number of carbonyl (C=O) groups excluding carboxylic acids is 1. The Morgan fingerprint density at radius 1 is 1.30 bits per heavy atom. The third-order valence-electron chi connectivity index (χ3n) is 4.72. The highest BCUT2D eigenvalue weighted by Crippen LogP contribution is 2.37. The molecule has 1 aliphatic rings. The number of aromatic nitrogens is 4. The van der Waals surface area contributed by atoms with E-state index < -0.39 is 39.3 Å². The number of nitrogens with one attached hydrogen (secondary N) is 1. The second-order valence-electron chi connectivity index (χ2n) is 6.54. The van der Waals surface area contributed by atoms with E-state index in [2.05, 4.69) is 20.3 Å². The van der Waals surface area contributed by atoms with Crippen LogP contribution in [0.3, 0.4) is 0 Å². The second kappa shape index (κ2) is 8.56. The van der Waals surface area contributed by atoms with Gasteiger partial charge in [0.2, 0.25) is 0 Å². The molecule has 5 atom stereocenters. The van der Waals surface area contributed by atoms with Gasteiger partial charge in [0.15, 0.2) is 23.2 Å². The van der Waals surface area contributed by atoms with E-state index in [1.54, 1.807) is 30.3 Å². The second-order valence-corrected chi connectivity index (χ2v) is 7.31. The van der Waals surface area contributed by atoms with Gasteiger partial charge in [-0.3, -0.25) is 13.9 Å². The number of hydrogen-bond acceptors (Lipinski definition) is 9. The summed E-state index contributed by atoms with van der Waals surface area (Å²) < 4.78 is 23.5. The van der Waals surface area contributed by atoms with E-state index in [4.69, 9.17) is 15.0 Å². The molecule has 1 saturated heterocycles. The van der Waals surface area contributed by atoms with Crippen molar-refractivity contribution >= 4 is 31.1 Å². The van der Waals surface area contributed by atoms with Crippen molar-refractivity contribution in [2.45, 2.75) is 24.5 Å². The van der Waals surface area contributed by atoms with E-state index >= 15 is 0 Å². The summed E-state index contributed by atoms with van der Waals surface area (Å²) in [7, 11) is -3.33. The Morgan fingerprint density at radius 3 is 2.77 bits per heavy atom. The average molecular weight is 434 g/mol. The molecule has 4 rings (SSSR count). The lowest BCUT2D eigenvalue weighted by Crippen LogP contribution is -2.41. The standard InChI is InChI=1S/C17H19N6O6P/c18-11-10(6-24)28-17(13(11)29-30(26)27)23-8-21-12-14(19-7-20-15(12)23)22-16(25)9-4-2-1-3-5-9/h1-5,7-8,10-11,13,17,24,30H,6,18H2,(H,26,27)(H,19,20,22,25)/t10-,11-,13-,17-/m1/s1. The third-order valence-corrected chi connectivity index (χ3v) is 5.20. The van der Waals surface area contributed by atoms with Crippen molar-refractivity contribution in [2.75, 3.05) is 11.9 Å². The number of aliphatic hydroxyl groups is 1. The van der Waals surface area contributed by atoms with E-state index in [-0.39, 0.29) is 22.9 Å². The minimum absolute atomic E-state index is 0.182. The lowest BCUT2D eigenvalue weighted by atomic mass is 10.1. The maximum absolute atomic E-state index is 12.5. The SMILES string of the molecule is N[C@H]1[C@@H](O[PH](=O)O)[C@H](n2cnc3c(NC(=O)c4ccccc4)ncnc32)O[C@@H]1CO. The van der Waals surface area contributed by atoms with Gasteiger partial charge in [-0.1, -0.05) is 18.2 Å². The first-order chi connectivity index (χ1) is 14.5. The molecule has 0 spiro atoms. The summed E-state index contributed by atoms with van der Waals surface area (Å²) in [4.78, 5) is 34.2. The Bertz CT molecular complexity index is 1080. The van der Waals surface area contributed by atoms with Gasteiger partial charge in [0, 0.05) is 5.56 Å². The highest BCUT2D eigenvalue weighted by Gasteiger charge is 2.45. The van der Waals surface area contributed by atoms with Gasteiger partial charge >= 0.3 is 8.25 Å². The molecule has 30 heavy (non-hydrogen) atoms. The number of benzene rings is 1. The van der Waals surface area contributed by atoms with Crippen LogP contribution >= 0.6 is 8.25 Å². The van der Waals surface area contributed by atoms with Crippen molar-refractivity contribution in [1.82, 2.24) is 19.5 Å². The molecule has 1 unspecified atom stereocenters. The number of anilines is 1. The van der Waals surface area contributed by atoms with Gasteiger partial charge in [-0.25, -0.2) is 15.0 Å². The first kappa shape index (κ1) is 20.5. The van der Waals surface area contributed by atoms with Crippen LogP contribution in [0.4, 0.5) is 5.82 Å². The number of amides is 1. The number of carbonyl (C=O) groups is 1. The van der Waals surface area contributed by atoms with Gasteiger partial charge in [0.05, 0.1) is 19.0 Å². The molecule has 1 aliphatic heterocycles. The molecule has 2 aromatic heterocycles. The highest BCUT2D eigenvalue weighted by molar-refractivity contribution is 7.32. The summed E-state index contributed by atoms with van der Waals surface area (Å²) in [6.45, 7) is -0.399. The minimum Gasteiger partial charge on any atom is -0.394 e. The molecular weight excluding hydrogens is 415 g/mol. The zero-order valence-electron chi connectivity index (χ0n) is 15.5. The molecule has 0 bridgehead atoms. The molecule has 1 fully saturated rings. The smallest absolute Gasteiger partial charge is 0.317 e. The van der Waals surface area contributed by atoms with Crippen molar-refractivity contribution in [1.29, 1.82) is 0 Å². The topological polar surface area (TPSA) is 175 Å². The van der Waals surface area contributed by atoms with Crippen LogP contribution in [0, 0.1) is 0 Å². The Kier molecular flexibility index (Phi) is 5.86. The fraction of sp³-hybridized carbons (Fsp3) is 0.294. The Balaban J connectivity index is 1.67. The third kappa shape index (κ3) is 3.84. The molecule has 0 aliphatic carbocycles. The van der Waals surface area contributed by atoms with Crippen LogP contribution in [-0.4, -0.2) is 60.3 Å². The summed E-state index contributed by atoms with van der Waals surface area (Å²) >= 11 is 0. The largest absolute Gasteiger partial charge is 0.394 e. The first-order valence-corrected chi connectivity index (χ1v) is 10.2. The number of imidazole rings is 1. The monoisotopic (exact) mass is 434 g/mol. The molecule has 5 N–H and O–H groups in total. The number of aliphatic hydroxyl groups excluding tert-OH is 1. The van der Waals surface area contributed by atoms with Crippen LogP contribution in [0.5, 0.6) is 0 Å². The maximum Gasteiger partial charge on any atom is 0.317 e. The summed E-state index contributed by atoms with van der Waals surface area (Å²) in [6, 6.07) is 7.75. The van der Waals surface area contributed by atoms with Crippen LogP contribution in [-0.2, 0) is 13.8 Å². The van der Waals surface area contributed by atoms with Crippen LogP contribution in [0.25, 0.3) is 11.2 Å². The molecule has 1 aromatic carbocycles. The van der Waals surface area contributed by atoms with E-state index in [0.717, 1.165) is 0 Å². The zero-order valence-corrected chi connectivity index (χ0v) is 16.5. The zero-order chi connectivity index (χ0) is 21.3. The summed E-state index contributed by atoms with van der Waals surface area (Å²) in [5.74, 6) is -0.188. The van der Waals surface area contributed by atoms with Gasteiger partial charge in [0.25, 0.3) is 5.91 Å². The lowest BCUT2D eigenvalue weighted by Gasteiger charge is -2.20. The van der Waals surface area contributed by atoms with Crippen molar-refractivity contribution in [3.8, 4) is 0 Å². The fourth-order valence-electron chi connectivity index (χ4n) is 3.29. The normalized spacial score (nSPS) is 24.8. The van der Waals surface area contributed by atoms with Gasteiger partial charge < -0.3 is 30.3 Å². The fourth-order valence-corrected chi connectivity index (χ4v) is 3.80.